The summed E-state index contributed by atoms with van der Waals surface area (Å²) in [6, 6.07) is 6.86. The van der Waals surface area contributed by atoms with Crippen LogP contribution in [0.2, 0.25) is 5.02 Å². The van der Waals surface area contributed by atoms with E-state index in [1.165, 1.54) is 6.20 Å². The molecule has 3 heterocycles. The fourth-order valence-electron chi connectivity index (χ4n) is 2.56. The van der Waals surface area contributed by atoms with Crippen LogP contribution in [0, 0.1) is 0 Å². The van der Waals surface area contributed by atoms with E-state index >= 15 is 0 Å². The minimum Gasteiger partial charge on any atom is -0.449 e. The predicted molar refractivity (Wildman–Crippen MR) is 95.3 cm³/mol. The Kier molecular flexibility index (Phi) is 3.31. The average molecular weight is 337 g/mol. The van der Waals surface area contributed by atoms with Crippen molar-refractivity contribution in [2.45, 2.75) is 0 Å². The topological polar surface area (TPSA) is 83.8 Å². The summed E-state index contributed by atoms with van der Waals surface area (Å²) in [4.78, 5) is 23.7. The Balaban J connectivity index is 2.06. The first kappa shape index (κ1) is 14.8. The molecule has 2 radical (unpaired) electrons. The smallest absolute Gasteiger partial charge is 0.294 e. The molecular weight excluding hydrogens is 326 g/mol. The van der Waals surface area contributed by atoms with E-state index in [0.29, 0.717) is 44.2 Å². The van der Waals surface area contributed by atoms with Gasteiger partial charge < -0.3 is 14.7 Å². The fourth-order valence-corrected chi connectivity index (χ4v) is 2.75. The number of anilines is 1. The number of fused-ring (bicyclic) bond motifs is 3. The molecule has 0 spiro atoms. The summed E-state index contributed by atoms with van der Waals surface area (Å²) in [5, 5.41) is 3.98. The number of aromatic nitrogens is 3. The molecule has 0 saturated carbocycles. The third-order valence-corrected chi connectivity index (χ3v) is 4.02. The molecule has 0 bridgehead atoms. The maximum Gasteiger partial charge on any atom is 0.294 e. The Hall–Kier alpha value is -2.80. The van der Waals surface area contributed by atoms with Crippen LogP contribution in [0.5, 0.6) is 0 Å². The Morgan fingerprint density at radius 1 is 1.33 bits per heavy atom. The van der Waals surface area contributed by atoms with Gasteiger partial charge in [-0.1, -0.05) is 29.2 Å². The number of hydrogen-bond acceptors (Lipinski definition) is 5. The summed E-state index contributed by atoms with van der Waals surface area (Å²) in [5.74, 6) is 0.944. The molecule has 24 heavy (non-hydrogen) atoms. The van der Waals surface area contributed by atoms with Crippen LogP contribution >= 0.6 is 11.6 Å². The molecule has 1 aromatic carbocycles. The van der Waals surface area contributed by atoms with Gasteiger partial charge in [0, 0.05) is 24.2 Å². The van der Waals surface area contributed by atoms with Gasteiger partial charge in [0.2, 0.25) is 5.58 Å². The molecule has 6 nitrogen and oxygen atoms in total. The minimum atomic E-state index is -0.386. The monoisotopic (exact) mass is 336 g/mol. The Morgan fingerprint density at radius 2 is 2.17 bits per heavy atom. The lowest BCUT2D eigenvalue weighted by molar-refractivity contribution is 0.661. The first-order valence-electron chi connectivity index (χ1n) is 7.12. The molecule has 0 aliphatic heterocycles. The van der Waals surface area contributed by atoms with E-state index in [1.54, 1.807) is 31.3 Å². The van der Waals surface area contributed by atoms with Gasteiger partial charge >= 0.3 is 0 Å². The Labute approximate surface area is 142 Å². The largest absolute Gasteiger partial charge is 0.449 e. The van der Waals surface area contributed by atoms with Crippen molar-refractivity contribution in [1.82, 2.24) is 15.0 Å². The molecule has 0 amide bonds. The second kappa shape index (κ2) is 5.38. The SMILES string of the molecule is [B]c1ccc2oc3c(=O)[nH]c(-c4cc(NC)ncc4Cl)nc3c2c1. The summed E-state index contributed by atoms with van der Waals surface area (Å²) >= 11 is 6.21. The van der Waals surface area contributed by atoms with Crippen LogP contribution < -0.4 is 16.3 Å². The maximum atomic E-state index is 12.4. The van der Waals surface area contributed by atoms with Crippen LogP contribution in [0.15, 0.2) is 39.7 Å². The zero-order valence-corrected chi connectivity index (χ0v) is 13.3. The first-order chi connectivity index (χ1) is 11.6. The molecule has 0 atom stereocenters. The second-order valence-corrected chi connectivity index (χ2v) is 5.66. The van der Waals surface area contributed by atoms with E-state index in [4.69, 9.17) is 23.9 Å². The average Bonchev–Trinajstić information content (AvgIpc) is 2.94. The molecule has 116 valence electrons. The minimum absolute atomic E-state index is 0.151. The van der Waals surface area contributed by atoms with Crippen molar-refractivity contribution in [2.75, 3.05) is 12.4 Å². The van der Waals surface area contributed by atoms with Crippen LogP contribution in [0.3, 0.4) is 0 Å². The Morgan fingerprint density at radius 3 is 2.96 bits per heavy atom. The van der Waals surface area contributed by atoms with Crippen molar-refractivity contribution < 1.29 is 4.42 Å². The zero-order valence-electron chi connectivity index (χ0n) is 12.6. The van der Waals surface area contributed by atoms with Gasteiger partial charge in [0.1, 0.15) is 30.6 Å². The summed E-state index contributed by atoms with van der Waals surface area (Å²) in [5.41, 5.74) is 1.88. The number of halogens is 1. The number of hydrogen-bond donors (Lipinski definition) is 2. The standard InChI is InChI=1S/C16H10BClN4O2/c1-19-12-5-8(10(18)6-20-12)15-21-13-9-4-7(17)2-3-11(9)24-14(13)16(23)22-15/h2-6H,1H3,(H,19,20)(H,21,22,23). The van der Waals surface area contributed by atoms with Crippen molar-refractivity contribution >= 4 is 52.8 Å². The van der Waals surface area contributed by atoms with Crippen molar-refractivity contribution in [2.24, 2.45) is 0 Å². The molecule has 0 aliphatic rings. The van der Waals surface area contributed by atoms with Crippen LogP contribution in [-0.4, -0.2) is 29.8 Å². The van der Waals surface area contributed by atoms with Gasteiger partial charge in [-0.25, -0.2) is 9.97 Å². The van der Waals surface area contributed by atoms with E-state index in [0.717, 1.165) is 0 Å². The lowest BCUT2D eigenvalue weighted by Crippen LogP contribution is -2.09. The number of pyridine rings is 1. The van der Waals surface area contributed by atoms with Crippen LogP contribution in [-0.2, 0) is 0 Å². The predicted octanol–water partition coefficient (Wildman–Crippen LogP) is 2.22. The molecule has 0 saturated heterocycles. The molecule has 2 N–H and O–H groups in total. The van der Waals surface area contributed by atoms with Gasteiger partial charge in [-0.15, -0.1) is 0 Å². The van der Waals surface area contributed by atoms with Crippen LogP contribution in [0.4, 0.5) is 5.82 Å². The Bertz CT molecular complexity index is 1150. The van der Waals surface area contributed by atoms with Gasteiger partial charge in [0.05, 0.1) is 5.02 Å². The maximum absolute atomic E-state index is 12.4. The number of aromatic amines is 1. The molecular formula is C16H10BClN4O2. The van der Waals surface area contributed by atoms with E-state index in [1.807, 2.05) is 0 Å². The van der Waals surface area contributed by atoms with Gasteiger partial charge in [0.15, 0.2) is 0 Å². The quantitative estimate of drug-likeness (QED) is 0.548. The number of nitrogens with one attached hydrogen (secondary N) is 2. The van der Waals surface area contributed by atoms with Crippen molar-refractivity contribution in [3.8, 4) is 11.4 Å². The third kappa shape index (κ3) is 2.25. The summed E-state index contributed by atoms with van der Waals surface area (Å²) in [7, 11) is 7.57. The molecule has 4 aromatic rings. The zero-order chi connectivity index (χ0) is 16.8. The number of H-pyrrole nitrogens is 1. The summed E-state index contributed by atoms with van der Waals surface area (Å²) < 4.78 is 5.58. The molecule has 0 unspecified atom stereocenters. The van der Waals surface area contributed by atoms with Crippen molar-refractivity contribution in [1.29, 1.82) is 0 Å². The van der Waals surface area contributed by atoms with E-state index < -0.39 is 0 Å². The molecule has 4 rings (SSSR count). The number of furan rings is 1. The normalized spacial score (nSPS) is 11.2. The molecule has 3 aromatic heterocycles. The lowest BCUT2D eigenvalue weighted by atomic mass is 9.95. The number of nitrogens with zero attached hydrogens (tertiary/aromatic N) is 2. The van der Waals surface area contributed by atoms with Crippen LogP contribution in [0.1, 0.15) is 0 Å². The van der Waals surface area contributed by atoms with Gasteiger partial charge in [-0.2, -0.15) is 0 Å². The highest BCUT2D eigenvalue weighted by atomic mass is 35.5. The number of rotatable bonds is 2. The van der Waals surface area contributed by atoms with Crippen molar-refractivity contribution in [3.05, 3.63) is 45.8 Å². The molecule has 0 aliphatic carbocycles. The lowest BCUT2D eigenvalue weighted by Gasteiger charge is -2.06. The van der Waals surface area contributed by atoms with Gasteiger partial charge in [-0.05, 0) is 12.1 Å². The molecule has 0 fully saturated rings. The highest BCUT2D eigenvalue weighted by Gasteiger charge is 2.16. The van der Waals surface area contributed by atoms with Gasteiger partial charge in [-0.3, -0.25) is 4.79 Å². The van der Waals surface area contributed by atoms with Crippen molar-refractivity contribution in [3.63, 3.8) is 0 Å². The van der Waals surface area contributed by atoms with E-state index in [-0.39, 0.29) is 11.1 Å². The van der Waals surface area contributed by atoms with Crippen LogP contribution in [0.25, 0.3) is 33.5 Å². The third-order valence-electron chi connectivity index (χ3n) is 3.71. The van der Waals surface area contributed by atoms with E-state index in [9.17, 15) is 4.79 Å². The van der Waals surface area contributed by atoms with E-state index in [2.05, 4.69) is 20.3 Å². The van der Waals surface area contributed by atoms with Gasteiger partial charge in [0.25, 0.3) is 5.56 Å². The number of benzene rings is 1. The first-order valence-corrected chi connectivity index (χ1v) is 7.50. The fraction of sp³-hybridized carbons (Fsp3) is 0.0625. The second-order valence-electron chi connectivity index (χ2n) is 5.25. The highest BCUT2D eigenvalue weighted by Crippen LogP contribution is 2.29. The summed E-state index contributed by atoms with van der Waals surface area (Å²) in [6.45, 7) is 0. The molecule has 8 heteroatoms. The highest BCUT2D eigenvalue weighted by molar-refractivity contribution is 6.34. The summed E-state index contributed by atoms with van der Waals surface area (Å²) in [6.07, 6.45) is 1.50.